The molecule has 0 saturated carbocycles. The number of rotatable bonds is 4. The predicted octanol–water partition coefficient (Wildman–Crippen LogP) is 4.53. The molecule has 138 valence electrons. The summed E-state index contributed by atoms with van der Waals surface area (Å²) in [4.78, 5) is 13.7. The molecule has 3 rings (SSSR count). The lowest BCUT2D eigenvalue weighted by atomic mass is 10.2. The molecule has 1 saturated heterocycles. The molecule has 1 aliphatic rings. The molecule has 1 fully saturated rings. The minimum atomic E-state index is -4.34. The molecule has 0 spiro atoms. The number of carbonyl (C=O) groups is 1. The lowest BCUT2D eigenvalue weighted by Crippen LogP contribution is -2.32. The van der Waals surface area contributed by atoms with Crippen LogP contribution in [0.1, 0.15) is 17.5 Å². The second-order valence-corrected chi connectivity index (χ2v) is 6.19. The van der Waals surface area contributed by atoms with Gasteiger partial charge in [0.2, 0.25) is 0 Å². The van der Waals surface area contributed by atoms with Crippen molar-refractivity contribution in [3.8, 4) is 0 Å². The third kappa shape index (κ3) is 4.68. The second kappa shape index (κ2) is 7.68. The van der Waals surface area contributed by atoms with Crippen molar-refractivity contribution in [1.29, 1.82) is 0 Å². The number of alkyl halides is 3. The molecule has 1 heterocycles. The SMILES string of the molecule is O=C(OCc1ccccc1)N1CCC(Nc2ccc(C(F)(F)F)cc2)C1. The first kappa shape index (κ1) is 18.1. The van der Waals surface area contributed by atoms with Gasteiger partial charge in [-0.15, -0.1) is 0 Å². The van der Waals surface area contributed by atoms with Crippen molar-refractivity contribution in [1.82, 2.24) is 4.90 Å². The Morgan fingerprint density at radius 3 is 2.46 bits per heavy atom. The van der Waals surface area contributed by atoms with Crippen molar-refractivity contribution in [2.45, 2.75) is 25.2 Å². The molecular formula is C19H19F3N2O2. The van der Waals surface area contributed by atoms with Crippen LogP contribution in [0.2, 0.25) is 0 Å². The molecule has 2 aromatic rings. The van der Waals surface area contributed by atoms with E-state index in [9.17, 15) is 18.0 Å². The maximum Gasteiger partial charge on any atom is 0.416 e. The number of benzene rings is 2. The van der Waals surface area contributed by atoms with E-state index in [0.29, 0.717) is 25.2 Å². The number of halogens is 3. The third-order valence-electron chi connectivity index (χ3n) is 4.23. The standard InChI is InChI=1S/C19H19F3N2O2/c20-19(21,22)15-6-8-16(9-7-15)23-17-10-11-24(12-17)18(25)26-13-14-4-2-1-3-5-14/h1-9,17,23H,10-13H2. The number of nitrogens with zero attached hydrogens (tertiary/aromatic N) is 1. The van der Waals surface area contributed by atoms with Gasteiger partial charge in [0.15, 0.2) is 0 Å². The van der Waals surface area contributed by atoms with Crippen LogP contribution in [0.3, 0.4) is 0 Å². The lowest BCUT2D eigenvalue weighted by Gasteiger charge is -2.18. The van der Waals surface area contributed by atoms with Crippen LogP contribution < -0.4 is 5.32 Å². The lowest BCUT2D eigenvalue weighted by molar-refractivity contribution is -0.137. The molecule has 0 bridgehead atoms. The number of hydrogen-bond donors (Lipinski definition) is 1. The Morgan fingerprint density at radius 1 is 1.12 bits per heavy atom. The number of ether oxygens (including phenoxy) is 1. The van der Waals surface area contributed by atoms with Crippen molar-refractivity contribution in [2.75, 3.05) is 18.4 Å². The Morgan fingerprint density at radius 2 is 1.81 bits per heavy atom. The van der Waals surface area contributed by atoms with E-state index in [2.05, 4.69) is 5.32 Å². The van der Waals surface area contributed by atoms with E-state index in [4.69, 9.17) is 4.74 Å². The fourth-order valence-electron chi connectivity index (χ4n) is 2.85. The molecule has 0 aliphatic carbocycles. The minimum absolute atomic E-state index is 0.0176. The normalized spacial score (nSPS) is 17.2. The van der Waals surface area contributed by atoms with Gasteiger partial charge in [-0.05, 0) is 36.2 Å². The number of likely N-dealkylation sites (tertiary alicyclic amines) is 1. The molecule has 0 aromatic heterocycles. The Balaban J connectivity index is 1.48. The molecule has 0 radical (unpaired) electrons. The van der Waals surface area contributed by atoms with Crippen LogP contribution in [-0.2, 0) is 17.5 Å². The van der Waals surface area contributed by atoms with Crippen LogP contribution in [0, 0.1) is 0 Å². The molecule has 7 heteroatoms. The zero-order chi connectivity index (χ0) is 18.6. The summed E-state index contributed by atoms with van der Waals surface area (Å²) in [5.74, 6) is 0. The van der Waals surface area contributed by atoms with Gasteiger partial charge < -0.3 is 15.0 Å². The van der Waals surface area contributed by atoms with Crippen LogP contribution in [0.4, 0.5) is 23.7 Å². The van der Waals surface area contributed by atoms with E-state index in [1.54, 1.807) is 4.90 Å². The van der Waals surface area contributed by atoms with Gasteiger partial charge >= 0.3 is 12.3 Å². The summed E-state index contributed by atoms with van der Waals surface area (Å²) < 4.78 is 43.0. The number of carbonyl (C=O) groups excluding carboxylic acids is 1. The topological polar surface area (TPSA) is 41.6 Å². The maximum absolute atomic E-state index is 12.6. The van der Waals surface area contributed by atoms with Gasteiger partial charge in [0.1, 0.15) is 6.61 Å². The molecule has 2 aromatic carbocycles. The first-order valence-electron chi connectivity index (χ1n) is 8.31. The highest BCUT2D eigenvalue weighted by Gasteiger charge is 2.30. The fraction of sp³-hybridized carbons (Fsp3) is 0.316. The summed E-state index contributed by atoms with van der Waals surface area (Å²) in [6.45, 7) is 1.22. The van der Waals surface area contributed by atoms with Gasteiger partial charge in [-0.1, -0.05) is 30.3 Å². The molecule has 1 N–H and O–H groups in total. The molecule has 1 atom stereocenters. The molecule has 1 aliphatic heterocycles. The first-order chi connectivity index (χ1) is 12.4. The molecular weight excluding hydrogens is 345 g/mol. The van der Waals surface area contributed by atoms with E-state index in [1.807, 2.05) is 30.3 Å². The second-order valence-electron chi connectivity index (χ2n) is 6.19. The Labute approximate surface area is 149 Å². The highest BCUT2D eigenvalue weighted by molar-refractivity contribution is 5.68. The fourth-order valence-corrected chi connectivity index (χ4v) is 2.85. The highest BCUT2D eigenvalue weighted by Crippen LogP contribution is 2.30. The average molecular weight is 364 g/mol. The minimum Gasteiger partial charge on any atom is -0.445 e. The summed E-state index contributed by atoms with van der Waals surface area (Å²) in [6, 6.07) is 14.3. The molecule has 1 unspecified atom stereocenters. The van der Waals surface area contributed by atoms with Crippen LogP contribution in [-0.4, -0.2) is 30.1 Å². The van der Waals surface area contributed by atoms with Crippen molar-refractivity contribution in [2.24, 2.45) is 0 Å². The van der Waals surface area contributed by atoms with Crippen molar-refractivity contribution < 1.29 is 22.7 Å². The van der Waals surface area contributed by atoms with Gasteiger partial charge in [0.25, 0.3) is 0 Å². The number of anilines is 1. The number of amides is 1. The highest BCUT2D eigenvalue weighted by atomic mass is 19.4. The summed E-state index contributed by atoms with van der Waals surface area (Å²) in [7, 11) is 0. The largest absolute Gasteiger partial charge is 0.445 e. The van der Waals surface area contributed by atoms with Gasteiger partial charge in [-0.3, -0.25) is 0 Å². The van der Waals surface area contributed by atoms with Crippen molar-refractivity contribution in [3.05, 3.63) is 65.7 Å². The zero-order valence-electron chi connectivity index (χ0n) is 14.0. The quantitative estimate of drug-likeness (QED) is 0.867. The third-order valence-corrected chi connectivity index (χ3v) is 4.23. The first-order valence-corrected chi connectivity index (χ1v) is 8.31. The van der Waals surface area contributed by atoms with E-state index in [1.165, 1.54) is 12.1 Å². The Kier molecular flexibility index (Phi) is 5.35. The maximum atomic E-state index is 12.6. The molecule has 4 nitrogen and oxygen atoms in total. The van der Waals surface area contributed by atoms with Gasteiger partial charge in [-0.25, -0.2) is 4.79 Å². The van der Waals surface area contributed by atoms with E-state index in [-0.39, 0.29) is 18.7 Å². The Bertz CT molecular complexity index is 733. The van der Waals surface area contributed by atoms with E-state index >= 15 is 0 Å². The number of hydrogen-bond acceptors (Lipinski definition) is 3. The monoisotopic (exact) mass is 364 g/mol. The smallest absolute Gasteiger partial charge is 0.416 e. The average Bonchev–Trinajstić information content (AvgIpc) is 3.09. The summed E-state index contributed by atoms with van der Waals surface area (Å²) in [6.07, 6.45) is -4.02. The van der Waals surface area contributed by atoms with Crippen LogP contribution in [0.15, 0.2) is 54.6 Å². The van der Waals surface area contributed by atoms with Crippen molar-refractivity contribution >= 4 is 11.8 Å². The van der Waals surface area contributed by atoms with Gasteiger partial charge in [0, 0.05) is 24.8 Å². The molecule has 26 heavy (non-hydrogen) atoms. The van der Waals surface area contributed by atoms with E-state index in [0.717, 1.165) is 17.7 Å². The van der Waals surface area contributed by atoms with Crippen LogP contribution in [0.25, 0.3) is 0 Å². The van der Waals surface area contributed by atoms with Crippen LogP contribution in [0.5, 0.6) is 0 Å². The number of nitrogens with one attached hydrogen (secondary N) is 1. The summed E-state index contributed by atoms with van der Waals surface area (Å²) in [5, 5.41) is 3.16. The predicted molar refractivity (Wildman–Crippen MR) is 91.7 cm³/mol. The van der Waals surface area contributed by atoms with Gasteiger partial charge in [-0.2, -0.15) is 13.2 Å². The van der Waals surface area contributed by atoms with E-state index < -0.39 is 11.7 Å². The summed E-state index contributed by atoms with van der Waals surface area (Å²) in [5.41, 5.74) is 0.836. The Hall–Kier alpha value is -2.70. The van der Waals surface area contributed by atoms with Crippen LogP contribution >= 0.6 is 0 Å². The van der Waals surface area contributed by atoms with Gasteiger partial charge in [0.05, 0.1) is 5.56 Å². The zero-order valence-corrected chi connectivity index (χ0v) is 14.0. The summed E-state index contributed by atoms with van der Waals surface area (Å²) >= 11 is 0. The van der Waals surface area contributed by atoms with Crippen molar-refractivity contribution in [3.63, 3.8) is 0 Å². The molecule has 1 amide bonds.